The van der Waals surface area contributed by atoms with Crippen molar-refractivity contribution >= 4 is 41.9 Å². The Hall–Kier alpha value is 0.0200. The van der Waals surface area contributed by atoms with Crippen molar-refractivity contribution in [2.24, 2.45) is 5.92 Å². The summed E-state index contributed by atoms with van der Waals surface area (Å²) < 4.78 is 27.1. The molecule has 0 saturated heterocycles. The van der Waals surface area contributed by atoms with Crippen LogP contribution in [-0.2, 0) is 10.0 Å². The van der Waals surface area contributed by atoms with Gasteiger partial charge in [-0.3, -0.25) is 4.98 Å². The van der Waals surface area contributed by atoms with Crippen molar-refractivity contribution in [3.8, 4) is 0 Å². The van der Waals surface area contributed by atoms with E-state index >= 15 is 0 Å². The first-order chi connectivity index (χ1) is 7.99. The lowest BCUT2D eigenvalue weighted by Gasteiger charge is -2.10. The van der Waals surface area contributed by atoms with Crippen LogP contribution >= 0.6 is 31.9 Å². The SMILES string of the molecule is O=S(=O)(NCC(Br)C1CC1)c1cncc(Br)c1. The van der Waals surface area contributed by atoms with Crippen LogP contribution in [0.3, 0.4) is 0 Å². The highest BCUT2D eigenvalue weighted by molar-refractivity contribution is 9.10. The minimum atomic E-state index is -3.46. The molecule has 1 heterocycles. The molecule has 1 aliphatic rings. The third kappa shape index (κ3) is 3.74. The van der Waals surface area contributed by atoms with Crippen molar-refractivity contribution in [3.05, 3.63) is 22.9 Å². The molecule has 94 valence electrons. The predicted molar refractivity (Wildman–Crippen MR) is 72.6 cm³/mol. The largest absolute Gasteiger partial charge is 0.262 e. The third-order valence-corrected chi connectivity index (χ3v) is 5.49. The van der Waals surface area contributed by atoms with E-state index in [0.717, 1.165) is 0 Å². The molecule has 0 spiro atoms. The number of alkyl halides is 1. The summed E-state index contributed by atoms with van der Waals surface area (Å²) in [7, 11) is -3.46. The number of halogens is 2. The van der Waals surface area contributed by atoms with E-state index in [1.807, 2.05) is 0 Å². The molecule has 17 heavy (non-hydrogen) atoms. The maximum Gasteiger partial charge on any atom is 0.242 e. The van der Waals surface area contributed by atoms with Gasteiger partial charge in [0.05, 0.1) is 0 Å². The van der Waals surface area contributed by atoms with E-state index in [0.29, 0.717) is 16.9 Å². The Labute approximate surface area is 118 Å². The van der Waals surface area contributed by atoms with Crippen molar-refractivity contribution in [1.29, 1.82) is 0 Å². The number of rotatable bonds is 5. The molecule has 0 radical (unpaired) electrons. The van der Waals surface area contributed by atoms with Gasteiger partial charge >= 0.3 is 0 Å². The fraction of sp³-hybridized carbons (Fsp3) is 0.500. The van der Waals surface area contributed by atoms with Gasteiger partial charge < -0.3 is 0 Å². The molecule has 0 aromatic carbocycles. The zero-order valence-electron chi connectivity index (χ0n) is 8.94. The molecule has 1 aromatic rings. The van der Waals surface area contributed by atoms with Gasteiger partial charge in [-0.1, -0.05) is 15.9 Å². The van der Waals surface area contributed by atoms with Gasteiger partial charge in [0.2, 0.25) is 10.0 Å². The quantitative estimate of drug-likeness (QED) is 0.793. The molecule has 7 heteroatoms. The number of hydrogen-bond donors (Lipinski definition) is 1. The van der Waals surface area contributed by atoms with Crippen molar-refractivity contribution in [1.82, 2.24) is 9.71 Å². The molecule has 1 unspecified atom stereocenters. The second-order valence-corrected chi connectivity index (χ2v) is 7.90. The smallest absolute Gasteiger partial charge is 0.242 e. The summed E-state index contributed by atoms with van der Waals surface area (Å²) in [6.07, 6.45) is 5.25. The number of hydrogen-bond acceptors (Lipinski definition) is 3. The van der Waals surface area contributed by atoms with Crippen LogP contribution in [0.5, 0.6) is 0 Å². The van der Waals surface area contributed by atoms with E-state index in [1.165, 1.54) is 25.1 Å². The van der Waals surface area contributed by atoms with Crippen LogP contribution in [0, 0.1) is 5.92 Å². The van der Waals surface area contributed by atoms with E-state index in [9.17, 15) is 8.42 Å². The first-order valence-corrected chi connectivity index (χ1v) is 8.42. The maximum absolute atomic E-state index is 11.9. The zero-order valence-corrected chi connectivity index (χ0v) is 12.9. The van der Waals surface area contributed by atoms with E-state index in [1.54, 1.807) is 6.20 Å². The summed E-state index contributed by atoms with van der Waals surface area (Å²) in [5, 5.41) is 0. The van der Waals surface area contributed by atoms with Gasteiger partial charge in [0.1, 0.15) is 4.90 Å². The normalized spacial score (nSPS) is 18.0. The standard InChI is InChI=1S/C10H12Br2N2O2S/c11-8-3-9(5-13-4-8)17(15,16)14-6-10(12)7-1-2-7/h3-5,7,10,14H,1-2,6H2. The van der Waals surface area contributed by atoms with Crippen LogP contribution in [0.1, 0.15) is 12.8 Å². The third-order valence-electron chi connectivity index (χ3n) is 2.59. The second kappa shape index (κ2) is 5.34. The second-order valence-electron chi connectivity index (χ2n) is 4.04. The van der Waals surface area contributed by atoms with Crippen LogP contribution in [-0.4, -0.2) is 24.8 Å². The molecule has 2 rings (SSSR count). The molecule has 0 amide bonds. The summed E-state index contributed by atoms with van der Waals surface area (Å²) in [6, 6.07) is 1.54. The van der Waals surface area contributed by atoms with Crippen LogP contribution in [0.4, 0.5) is 0 Å². The molecular weight excluding hydrogens is 372 g/mol. The summed E-state index contributed by atoms with van der Waals surface area (Å²) in [4.78, 5) is 4.25. The van der Waals surface area contributed by atoms with Gasteiger partial charge in [-0.25, -0.2) is 13.1 Å². The zero-order chi connectivity index (χ0) is 12.5. The lowest BCUT2D eigenvalue weighted by atomic mass is 10.3. The average molecular weight is 384 g/mol. The number of nitrogens with zero attached hydrogens (tertiary/aromatic N) is 1. The minimum absolute atomic E-state index is 0.183. The molecule has 1 aromatic heterocycles. The van der Waals surface area contributed by atoms with Crippen molar-refractivity contribution in [3.63, 3.8) is 0 Å². The number of pyridine rings is 1. The van der Waals surface area contributed by atoms with Crippen molar-refractivity contribution in [2.45, 2.75) is 22.6 Å². The summed E-state index contributed by atoms with van der Waals surface area (Å²) >= 11 is 6.70. The number of nitrogens with one attached hydrogen (secondary N) is 1. The molecule has 0 aliphatic heterocycles. The minimum Gasteiger partial charge on any atom is -0.262 e. The monoisotopic (exact) mass is 382 g/mol. The van der Waals surface area contributed by atoms with Gasteiger partial charge in [0, 0.05) is 28.2 Å². The van der Waals surface area contributed by atoms with E-state index < -0.39 is 10.0 Å². The summed E-state index contributed by atoms with van der Waals surface area (Å²) in [6.45, 7) is 0.416. The van der Waals surface area contributed by atoms with Crippen LogP contribution in [0.15, 0.2) is 27.8 Å². The summed E-state index contributed by atoms with van der Waals surface area (Å²) in [5.41, 5.74) is 0. The van der Waals surface area contributed by atoms with Crippen molar-refractivity contribution < 1.29 is 8.42 Å². The summed E-state index contributed by atoms with van der Waals surface area (Å²) in [5.74, 6) is 0.610. The van der Waals surface area contributed by atoms with E-state index in [-0.39, 0.29) is 9.72 Å². The Morgan fingerprint density at radius 3 is 2.76 bits per heavy atom. The Bertz CT molecular complexity index is 503. The fourth-order valence-electron chi connectivity index (χ4n) is 1.44. The molecule has 1 fully saturated rings. The first kappa shape index (κ1) is 13.5. The molecular formula is C10H12Br2N2O2S. The molecule has 1 aliphatic carbocycles. The Morgan fingerprint density at radius 2 is 2.18 bits per heavy atom. The highest BCUT2D eigenvalue weighted by atomic mass is 79.9. The number of sulfonamides is 1. The van der Waals surface area contributed by atoms with Gasteiger partial charge in [-0.2, -0.15) is 0 Å². The number of aromatic nitrogens is 1. The predicted octanol–water partition coefficient (Wildman–Crippen LogP) is 2.30. The van der Waals surface area contributed by atoms with E-state index in [4.69, 9.17) is 0 Å². The van der Waals surface area contributed by atoms with Crippen LogP contribution < -0.4 is 4.72 Å². The maximum atomic E-state index is 11.9. The lowest BCUT2D eigenvalue weighted by molar-refractivity contribution is 0.577. The molecule has 0 bridgehead atoms. The first-order valence-electron chi connectivity index (χ1n) is 5.23. The topological polar surface area (TPSA) is 59.1 Å². The van der Waals surface area contributed by atoms with Crippen molar-refractivity contribution in [2.75, 3.05) is 6.54 Å². The van der Waals surface area contributed by atoms with Gasteiger partial charge in [-0.15, -0.1) is 0 Å². The lowest BCUT2D eigenvalue weighted by Crippen LogP contribution is -2.30. The fourth-order valence-corrected chi connectivity index (χ4v) is 3.91. The highest BCUT2D eigenvalue weighted by Crippen LogP contribution is 2.36. The van der Waals surface area contributed by atoms with E-state index in [2.05, 4.69) is 41.6 Å². The Morgan fingerprint density at radius 1 is 1.47 bits per heavy atom. The molecule has 4 nitrogen and oxygen atoms in total. The van der Waals surface area contributed by atoms with Gasteiger partial charge in [0.15, 0.2) is 0 Å². The average Bonchev–Trinajstić information content (AvgIpc) is 3.10. The van der Waals surface area contributed by atoms with Gasteiger partial charge in [-0.05, 0) is 40.8 Å². The molecule has 1 N–H and O–H groups in total. The Kier molecular flexibility index (Phi) is 4.22. The Balaban J connectivity index is 2.03. The van der Waals surface area contributed by atoms with Crippen LogP contribution in [0.25, 0.3) is 0 Å². The highest BCUT2D eigenvalue weighted by Gasteiger charge is 2.30. The van der Waals surface area contributed by atoms with Gasteiger partial charge in [0.25, 0.3) is 0 Å². The van der Waals surface area contributed by atoms with Crippen LogP contribution in [0.2, 0.25) is 0 Å². The molecule has 1 saturated carbocycles. The molecule has 1 atom stereocenters.